The molecule has 0 aromatic heterocycles. The van der Waals surface area contributed by atoms with E-state index in [4.69, 9.17) is 18.9 Å². The first-order valence-corrected chi connectivity index (χ1v) is 11.2. The summed E-state index contributed by atoms with van der Waals surface area (Å²) in [6.07, 6.45) is 3.91. The summed E-state index contributed by atoms with van der Waals surface area (Å²) in [7, 11) is 0. The van der Waals surface area contributed by atoms with E-state index in [0.29, 0.717) is 0 Å². The predicted molar refractivity (Wildman–Crippen MR) is 128 cm³/mol. The highest BCUT2D eigenvalue weighted by atomic mass is 16.7. The minimum absolute atomic E-state index is 0.0766. The van der Waals surface area contributed by atoms with Gasteiger partial charge in [0.1, 0.15) is 31.9 Å². The van der Waals surface area contributed by atoms with E-state index in [0.717, 1.165) is 11.1 Å². The van der Waals surface area contributed by atoms with Gasteiger partial charge in [-0.2, -0.15) is 0 Å². The highest BCUT2D eigenvalue weighted by molar-refractivity contribution is 6.15. The smallest absolute Gasteiger partial charge is 0.348 e. The Kier molecular flexibility index (Phi) is 8.99. The lowest BCUT2D eigenvalue weighted by molar-refractivity contribution is -0.222. The Bertz CT molecular complexity index is 1060. The zero-order valence-electron chi connectivity index (χ0n) is 20.0. The summed E-state index contributed by atoms with van der Waals surface area (Å²) in [5.41, 5.74) is 1.32. The molecular weight excluding hydrogens is 466 g/mol. The molecule has 1 aliphatic rings. The van der Waals surface area contributed by atoms with Gasteiger partial charge in [-0.25, -0.2) is 9.59 Å². The summed E-state index contributed by atoms with van der Waals surface area (Å²) >= 11 is 0. The number of carbonyl (C=O) groups is 4. The van der Waals surface area contributed by atoms with E-state index >= 15 is 0 Å². The predicted octanol–water partition coefficient (Wildman–Crippen LogP) is 3.05. The van der Waals surface area contributed by atoms with Gasteiger partial charge in [0.05, 0.1) is 0 Å². The molecule has 0 unspecified atom stereocenters. The van der Waals surface area contributed by atoms with E-state index in [1.54, 1.807) is 0 Å². The van der Waals surface area contributed by atoms with Crippen LogP contribution in [-0.2, 0) is 51.3 Å². The maximum absolute atomic E-state index is 12.4. The van der Waals surface area contributed by atoms with Gasteiger partial charge in [-0.15, -0.1) is 0 Å². The Labute approximate surface area is 208 Å². The first kappa shape index (κ1) is 26.2. The molecule has 0 N–H and O–H groups in total. The van der Waals surface area contributed by atoms with Crippen molar-refractivity contribution in [3.05, 3.63) is 95.7 Å². The molecule has 2 aromatic rings. The highest BCUT2D eigenvalue weighted by Crippen LogP contribution is 2.22. The van der Waals surface area contributed by atoms with Gasteiger partial charge in [0.15, 0.2) is 0 Å². The molecule has 0 atom stereocenters. The van der Waals surface area contributed by atoms with Crippen LogP contribution in [0.5, 0.6) is 0 Å². The average molecular weight is 494 g/mol. The largest absolute Gasteiger partial charge is 0.459 e. The molecule has 36 heavy (non-hydrogen) atoms. The second-order valence-corrected chi connectivity index (χ2v) is 8.30. The van der Waals surface area contributed by atoms with Crippen LogP contribution < -0.4 is 0 Å². The van der Waals surface area contributed by atoms with E-state index < -0.39 is 29.7 Å². The SMILES string of the molecule is CC1(C)OC(=O)C(=C/C=C/N(CC(=O)OCc2ccccc2)CC(=O)OCc2ccccc2)C(=O)O1. The van der Waals surface area contributed by atoms with Crippen LogP contribution in [0.3, 0.4) is 0 Å². The van der Waals surface area contributed by atoms with Crippen molar-refractivity contribution in [1.29, 1.82) is 0 Å². The number of ether oxygens (including phenoxy) is 4. The number of carbonyl (C=O) groups excluding carboxylic acids is 4. The molecule has 0 saturated carbocycles. The van der Waals surface area contributed by atoms with Crippen molar-refractivity contribution in [3.63, 3.8) is 0 Å². The summed E-state index contributed by atoms with van der Waals surface area (Å²) < 4.78 is 20.7. The van der Waals surface area contributed by atoms with Crippen LogP contribution in [0, 0.1) is 0 Å². The summed E-state index contributed by atoms with van der Waals surface area (Å²) in [5.74, 6) is -4.18. The van der Waals surface area contributed by atoms with Crippen molar-refractivity contribution in [1.82, 2.24) is 4.90 Å². The van der Waals surface area contributed by atoms with Crippen LogP contribution in [-0.4, -0.2) is 47.7 Å². The highest BCUT2D eigenvalue weighted by Gasteiger charge is 2.38. The molecule has 0 amide bonds. The third kappa shape index (κ3) is 8.43. The summed E-state index contributed by atoms with van der Waals surface area (Å²) in [6.45, 7) is 2.50. The molecule has 0 aliphatic carbocycles. The fourth-order valence-corrected chi connectivity index (χ4v) is 3.12. The van der Waals surface area contributed by atoms with Gasteiger partial charge < -0.3 is 23.8 Å². The first-order valence-electron chi connectivity index (χ1n) is 11.2. The fraction of sp³-hybridized carbons (Fsp3) is 0.259. The second kappa shape index (κ2) is 12.3. The maximum Gasteiger partial charge on any atom is 0.348 e. The molecule has 0 spiro atoms. The average Bonchev–Trinajstić information content (AvgIpc) is 2.83. The number of hydrogen-bond donors (Lipinski definition) is 0. The van der Waals surface area contributed by atoms with Gasteiger partial charge in [-0.05, 0) is 23.3 Å². The first-order chi connectivity index (χ1) is 17.2. The van der Waals surface area contributed by atoms with E-state index in [9.17, 15) is 19.2 Å². The molecule has 188 valence electrons. The Hall–Kier alpha value is -4.40. The van der Waals surface area contributed by atoms with Crippen molar-refractivity contribution in [2.24, 2.45) is 0 Å². The zero-order chi connectivity index (χ0) is 26.0. The van der Waals surface area contributed by atoms with Gasteiger partial charge >= 0.3 is 23.9 Å². The second-order valence-electron chi connectivity index (χ2n) is 8.30. The topological polar surface area (TPSA) is 108 Å². The lowest BCUT2D eigenvalue weighted by atomic mass is 10.2. The van der Waals surface area contributed by atoms with Gasteiger partial charge in [-0.3, -0.25) is 9.59 Å². The Morgan fingerprint density at radius 3 is 1.69 bits per heavy atom. The molecule has 2 aromatic carbocycles. The Morgan fingerprint density at radius 1 is 0.806 bits per heavy atom. The molecule has 9 heteroatoms. The minimum atomic E-state index is -1.35. The summed E-state index contributed by atoms with van der Waals surface area (Å²) in [6, 6.07) is 18.3. The Balaban J connectivity index is 1.64. The number of cyclic esters (lactones) is 2. The van der Waals surface area contributed by atoms with E-state index in [2.05, 4.69) is 0 Å². The maximum atomic E-state index is 12.4. The van der Waals surface area contributed by atoms with Crippen molar-refractivity contribution in [2.45, 2.75) is 32.8 Å². The number of hydrogen-bond acceptors (Lipinski definition) is 9. The van der Waals surface area contributed by atoms with Crippen LogP contribution in [0.4, 0.5) is 0 Å². The van der Waals surface area contributed by atoms with Gasteiger partial charge in [0.2, 0.25) is 0 Å². The lowest BCUT2D eigenvalue weighted by Crippen LogP contribution is -2.41. The summed E-state index contributed by atoms with van der Waals surface area (Å²) in [4.78, 5) is 50.4. The number of esters is 4. The van der Waals surface area contributed by atoms with Gasteiger partial charge in [0, 0.05) is 20.0 Å². The normalized spacial score (nSPS) is 14.6. The van der Waals surface area contributed by atoms with Crippen molar-refractivity contribution in [3.8, 4) is 0 Å². The van der Waals surface area contributed by atoms with Gasteiger partial charge in [0.25, 0.3) is 5.79 Å². The van der Waals surface area contributed by atoms with Crippen LogP contribution in [0.15, 0.2) is 84.6 Å². The number of benzene rings is 2. The number of allylic oxidation sites excluding steroid dienone is 2. The van der Waals surface area contributed by atoms with Crippen molar-refractivity contribution >= 4 is 23.9 Å². The number of nitrogens with zero attached hydrogens (tertiary/aromatic N) is 1. The molecule has 0 radical (unpaired) electrons. The van der Waals surface area contributed by atoms with E-state index in [1.807, 2.05) is 60.7 Å². The summed E-state index contributed by atoms with van der Waals surface area (Å²) in [5, 5.41) is 0. The van der Waals surface area contributed by atoms with Crippen LogP contribution >= 0.6 is 0 Å². The third-order valence-corrected chi connectivity index (χ3v) is 4.83. The minimum Gasteiger partial charge on any atom is -0.459 e. The molecule has 9 nitrogen and oxygen atoms in total. The lowest BCUT2D eigenvalue weighted by Gasteiger charge is -2.29. The fourth-order valence-electron chi connectivity index (χ4n) is 3.12. The van der Waals surface area contributed by atoms with Crippen molar-refractivity contribution in [2.75, 3.05) is 13.1 Å². The van der Waals surface area contributed by atoms with Crippen LogP contribution in [0.25, 0.3) is 0 Å². The molecule has 0 bridgehead atoms. The molecule has 1 heterocycles. The van der Waals surface area contributed by atoms with E-state index in [1.165, 1.54) is 37.1 Å². The monoisotopic (exact) mass is 493 g/mol. The Morgan fingerprint density at radius 2 is 1.25 bits per heavy atom. The molecule has 1 aliphatic heterocycles. The van der Waals surface area contributed by atoms with E-state index in [-0.39, 0.29) is 31.9 Å². The van der Waals surface area contributed by atoms with Crippen LogP contribution in [0.2, 0.25) is 0 Å². The van der Waals surface area contributed by atoms with Crippen molar-refractivity contribution < 1.29 is 38.1 Å². The quantitative estimate of drug-likeness (QED) is 0.214. The standard InChI is InChI=1S/C27H27NO8/c1-27(2)35-25(31)22(26(32)36-27)14-9-15-28(16-23(29)33-18-20-10-5-3-6-11-20)17-24(30)34-19-21-12-7-4-8-13-21/h3-15H,16-19H2,1-2H3/b15-9+. The molecule has 1 fully saturated rings. The third-order valence-electron chi connectivity index (χ3n) is 4.83. The zero-order valence-corrected chi connectivity index (χ0v) is 20.0. The number of rotatable bonds is 10. The molecule has 3 rings (SSSR count). The van der Waals surface area contributed by atoms with Crippen LogP contribution in [0.1, 0.15) is 25.0 Å². The van der Waals surface area contributed by atoms with Gasteiger partial charge in [-0.1, -0.05) is 60.7 Å². The molecule has 1 saturated heterocycles. The molecular formula is C27H27NO8.